The highest BCUT2D eigenvalue weighted by Gasteiger charge is 2.31. The summed E-state index contributed by atoms with van der Waals surface area (Å²) in [7, 11) is 0. The number of nitrogens with zero attached hydrogens (tertiary/aromatic N) is 7. The number of rotatable bonds is 11. The molecule has 16 rings (SSSR count). The summed E-state index contributed by atoms with van der Waals surface area (Å²) in [5.74, 6) is 0. The number of nitriles is 1. The Kier molecular flexibility index (Phi) is 13.6. The second kappa shape index (κ2) is 22.7. The zero-order valence-corrected chi connectivity index (χ0v) is 49.1. The zero-order chi connectivity index (χ0) is 61.9. The van der Waals surface area contributed by atoms with Crippen LogP contribution in [0.1, 0.15) is 11.1 Å². The van der Waals surface area contributed by atoms with Crippen LogP contribution >= 0.6 is 0 Å². The molecule has 434 valence electrons. The van der Waals surface area contributed by atoms with Gasteiger partial charge in [-0.1, -0.05) is 206 Å². The highest BCUT2D eigenvalue weighted by Crippen LogP contribution is 2.45. The lowest BCUT2D eigenvalue weighted by Gasteiger charge is -2.19. The molecule has 0 amide bonds. The van der Waals surface area contributed by atoms with Crippen molar-refractivity contribution in [2.24, 2.45) is 0 Å². The highest BCUT2D eigenvalue weighted by molar-refractivity contribution is 6.13. The first-order valence-electron chi connectivity index (χ1n) is 30.2. The van der Waals surface area contributed by atoms with Crippen LogP contribution in [-0.2, 0) is 6.18 Å². The molecule has 7 nitrogen and oxygen atoms in total. The maximum Gasteiger partial charge on any atom is 0.416 e. The Hall–Kier alpha value is -12.3. The Balaban J connectivity index is 0.969. The highest BCUT2D eigenvalue weighted by atomic mass is 19.4. The molecule has 0 atom stereocenters. The van der Waals surface area contributed by atoms with E-state index in [0.717, 1.165) is 139 Å². The summed E-state index contributed by atoms with van der Waals surface area (Å²) in [6, 6.07) is 93.6. The number of benzene rings is 10. The molecule has 0 fully saturated rings. The molecule has 16 aromatic rings. The summed E-state index contributed by atoms with van der Waals surface area (Å²) in [5.41, 5.74) is 18.6. The molecule has 0 bridgehead atoms. The monoisotopic (exact) mass is 1190 g/mol. The van der Waals surface area contributed by atoms with Crippen LogP contribution in [0.15, 0.2) is 304 Å². The lowest BCUT2D eigenvalue weighted by molar-refractivity contribution is -0.137. The van der Waals surface area contributed by atoms with Crippen LogP contribution in [-0.4, -0.2) is 29.1 Å². The summed E-state index contributed by atoms with van der Waals surface area (Å²) in [5, 5.41) is 15.9. The van der Waals surface area contributed by atoms with Gasteiger partial charge >= 0.3 is 6.18 Å². The molecular weight excluding hydrogens is 1140 g/mol. The molecule has 6 aromatic heterocycles. The van der Waals surface area contributed by atoms with Crippen LogP contribution in [0, 0.1) is 11.3 Å². The van der Waals surface area contributed by atoms with Crippen molar-refractivity contribution in [1.29, 1.82) is 5.26 Å². The molecule has 92 heavy (non-hydrogen) atoms. The predicted octanol–water partition coefficient (Wildman–Crippen LogP) is 21.4. The zero-order valence-electron chi connectivity index (χ0n) is 49.1. The smallest absolute Gasteiger partial charge is 0.308 e. The van der Waals surface area contributed by atoms with Crippen LogP contribution in [0.4, 0.5) is 13.2 Å². The SMILES string of the molecule is N#Cc1c(-n2c3cc(-c4ccc(-c5ccccc5)nc4)ccc3c3ccc(-c4ccc(-c5ccccc5)nc4)cc32)cc(-c2cccc(C(F)(F)F)c2)cc1-n1c2cc(-c3ccc(-c4ccccc4)nc3)ccc2c2ccc(-c3ccc(-c4ccccc4)nc3)cc21. The number of fused-ring (bicyclic) bond motifs is 6. The molecule has 0 N–H and O–H groups in total. The number of pyridine rings is 4. The summed E-state index contributed by atoms with van der Waals surface area (Å²) in [6.45, 7) is 0. The van der Waals surface area contributed by atoms with Crippen molar-refractivity contribution in [1.82, 2.24) is 29.1 Å². The van der Waals surface area contributed by atoms with Crippen molar-refractivity contribution in [3.05, 3.63) is 315 Å². The number of hydrogen-bond donors (Lipinski definition) is 0. The Morgan fingerprint density at radius 2 is 0.554 bits per heavy atom. The van der Waals surface area contributed by atoms with Crippen LogP contribution < -0.4 is 0 Å². The average molecular weight is 1190 g/mol. The van der Waals surface area contributed by atoms with E-state index < -0.39 is 11.7 Å². The topological polar surface area (TPSA) is 85.2 Å². The van der Waals surface area contributed by atoms with Crippen molar-refractivity contribution >= 4 is 43.6 Å². The van der Waals surface area contributed by atoms with Gasteiger partial charge in [-0.3, -0.25) is 19.9 Å². The van der Waals surface area contributed by atoms with Gasteiger partial charge in [-0.25, -0.2) is 0 Å². The van der Waals surface area contributed by atoms with E-state index in [0.29, 0.717) is 22.5 Å². The second-order valence-corrected chi connectivity index (χ2v) is 22.9. The van der Waals surface area contributed by atoms with Crippen LogP contribution in [0.25, 0.3) is 156 Å². The summed E-state index contributed by atoms with van der Waals surface area (Å²) in [4.78, 5) is 19.7. The van der Waals surface area contributed by atoms with E-state index in [1.54, 1.807) is 6.07 Å². The van der Waals surface area contributed by atoms with Gasteiger partial charge in [-0.2, -0.15) is 18.4 Å². The predicted molar refractivity (Wildman–Crippen MR) is 365 cm³/mol. The Labute approximate surface area is 527 Å². The van der Waals surface area contributed by atoms with E-state index >= 15 is 0 Å². The van der Waals surface area contributed by atoms with Gasteiger partial charge in [0.05, 0.1) is 61.8 Å². The first-order chi connectivity index (χ1) is 45.2. The minimum absolute atomic E-state index is 0.287. The van der Waals surface area contributed by atoms with Crippen molar-refractivity contribution in [2.75, 3.05) is 0 Å². The molecule has 0 aliphatic rings. The van der Waals surface area contributed by atoms with Gasteiger partial charge in [-0.15, -0.1) is 0 Å². The van der Waals surface area contributed by atoms with E-state index in [9.17, 15) is 18.4 Å². The fourth-order valence-corrected chi connectivity index (χ4v) is 12.8. The van der Waals surface area contributed by atoms with E-state index in [1.807, 2.05) is 183 Å². The third-order valence-corrected chi connectivity index (χ3v) is 17.4. The van der Waals surface area contributed by atoms with Gasteiger partial charge in [0, 0.05) is 90.8 Å². The first-order valence-corrected chi connectivity index (χ1v) is 30.2. The number of halogens is 3. The van der Waals surface area contributed by atoms with E-state index in [-0.39, 0.29) is 5.56 Å². The largest absolute Gasteiger partial charge is 0.416 e. The van der Waals surface area contributed by atoms with E-state index in [2.05, 4.69) is 112 Å². The molecular formula is C82H50F3N7. The number of aromatic nitrogens is 6. The molecule has 0 aliphatic carbocycles. The molecule has 10 aromatic carbocycles. The maximum absolute atomic E-state index is 15.0. The third kappa shape index (κ3) is 10.0. The summed E-state index contributed by atoms with van der Waals surface area (Å²) in [6.07, 6.45) is 2.86. The van der Waals surface area contributed by atoms with Gasteiger partial charge in [0.15, 0.2) is 0 Å². The minimum atomic E-state index is -4.64. The van der Waals surface area contributed by atoms with E-state index in [4.69, 9.17) is 19.9 Å². The quantitative estimate of drug-likeness (QED) is 0.129. The lowest BCUT2D eigenvalue weighted by Crippen LogP contribution is -2.06. The molecule has 0 aliphatic heterocycles. The summed E-state index contributed by atoms with van der Waals surface area (Å²) >= 11 is 0. The molecule has 6 heterocycles. The van der Waals surface area contributed by atoms with Gasteiger partial charge in [-0.05, 0) is 106 Å². The van der Waals surface area contributed by atoms with Gasteiger partial charge in [0.25, 0.3) is 0 Å². The molecule has 10 heteroatoms. The summed E-state index contributed by atoms with van der Waals surface area (Å²) < 4.78 is 49.2. The first kappa shape index (κ1) is 55.0. The van der Waals surface area contributed by atoms with Gasteiger partial charge in [0.1, 0.15) is 11.6 Å². The van der Waals surface area contributed by atoms with Crippen molar-refractivity contribution in [3.63, 3.8) is 0 Å². The van der Waals surface area contributed by atoms with E-state index in [1.165, 1.54) is 12.1 Å². The third-order valence-electron chi connectivity index (χ3n) is 17.4. The van der Waals surface area contributed by atoms with Crippen LogP contribution in [0.2, 0.25) is 0 Å². The maximum atomic E-state index is 15.0. The number of hydrogen-bond acceptors (Lipinski definition) is 5. The fourth-order valence-electron chi connectivity index (χ4n) is 12.8. The Bertz CT molecular complexity index is 4920. The lowest BCUT2D eigenvalue weighted by atomic mass is 9.98. The molecule has 0 unspecified atom stereocenters. The Morgan fingerprint density at radius 1 is 0.272 bits per heavy atom. The molecule has 0 spiro atoms. The van der Waals surface area contributed by atoms with Gasteiger partial charge in [0.2, 0.25) is 0 Å². The van der Waals surface area contributed by atoms with Gasteiger partial charge < -0.3 is 9.13 Å². The fraction of sp³-hybridized carbons (Fsp3) is 0.0122. The van der Waals surface area contributed by atoms with Crippen LogP contribution in [0.5, 0.6) is 0 Å². The molecule has 0 radical (unpaired) electrons. The standard InChI is InChI=1S/C82H50F3N7/c83-82(84,85)66-23-13-22-56(40-66)65-45-80(91-76-41-57(61-28-36-72(87-48-61)52-14-5-1-6-15-52)24-32-67(76)68-33-25-58(42-77(68)91)62-29-37-73(88-49-62)53-16-7-2-8-17-53)71(47-86)81(46-65)92-78-43-59(63-30-38-74(89-50-63)54-18-9-3-10-19-54)26-34-69(78)70-35-27-60(44-79(70)92)64-31-39-75(90-51-64)55-20-11-4-12-21-55/h1-46,48-51H. The molecule has 0 saturated carbocycles. The van der Waals surface area contributed by atoms with Crippen molar-refractivity contribution in [2.45, 2.75) is 6.18 Å². The van der Waals surface area contributed by atoms with Crippen molar-refractivity contribution < 1.29 is 13.2 Å². The van der Waals surface area contributed by atoms with Crippen LogP contribution in [0.3, 0.4) is 0 Å². The second-order valence-electron chi connectivity index (χ2n) is 22.9. The number of alkyl halides is 3. The minimum Gasteiger partial charge on any atom is -0.308 e. The van der Waals surface area contributed by atoms with Crippen molar-refractivity contribution in [3.8, 4) is 118 Å². The Morgan fingerprint density at radius 3 is 0.826 bits per heavy atom. The normalized spacial score (nSPS) is 11.6. The molecule has 0 saturated heterocycles. The average Bonchev–Trinajstić information content (AvgIpc) is 1.56.